The van der Waals surface area contributed by atoms with Gasteiger partial charge in [-0.25, -0.2) is 9.66 Å². The maximum absolute atomic E-state index is 6.08. The van der Waals surface area contributed by atoms with Gasteiger partial charge in [-0.15, -0.1) is 0 Å². The number of imidazole rings is 1. The zero-order valence-corrected chi connectivity index (χ0v) is 13.3. The molecule has 0 atom stereocenters. The number of hydrogen-bond donors (Lipinski definition) is 2. The molecule has 1 aliphatic heterocycles. The largest absolute Gasteiger partial charge is 0.486 e. The molecule has 1 aliphatic rings. The van der Waals surface area contributed by atoms with Gasteiger partial charge >= 0.3 is 0 Å². The second-order valence-electron chi connectivity index (χ2n) is 4.86. The van der Waals surface area contributed by atoms with Crippen LogP contribution in [0.3, 0.4) is 0 Å². The summed E-state index contributed by atoms with van der Waals surface area (Å²) in [4.78, 5) is 4.56. The first-order valence-electron chi connectivity index (χ1n) is 6.83. The predicted molar refractivity (Wildman–Crippen MR) is 84.9 cm³/mol. The average molecular weight is 353 g/mol. The molecule has 6 nitrogen and oxygen atoms in total. The van der Waals surface area contributed by atoms with Gasteiger partial charge in [0.25, 0.3) is 0 Å². The highest BCUT2D eigenvalue weighted by Crippen LogP contribution is 2.41. The summed E-state index contributed by atoms with van der Waals surface area (Å²) in [6.07, 6.45) is 1.74. The first kappa shape index (κ1) is 14.1. The zero-order valence-electron chi connectivity index (χ0n) is 11.7. The molecule has 0 fully saturated rings. The lowest BCUT2D eigenvalue weighted by molar-refractivity contribution is 0.170. The second-order valence-corrected chi connectivity index (χ2v) is 5.72. The topological polar surface area (TPSA) is 88.3 Å². The minimum Gasteiger partial charge on any atom is -0.486 e. The Balaban J connectivity index is 2.08. The molecule has 1 aromatic carbocycles. The summed E-state index contributed by atoms with van der Waals surface area (Å²) < 4.78 is 13.5. The van der Waals surface area contributed by atoms with Gasteiger partial charge in [-0.1, -0.05) is 6.92 Å². The summed E-state index contributed by atoms with van der Waals surface area (Å²) in [6, 6.07) is 3.80. The Kier molecular flexibility index (Phi) is 3.67. The van der Waals surface area contributed by atoms with Gasteiger partial charge in [-0.05, 0) is 34.5 Å². The van der Waals surface area contributed by atoms with Crippen molar-refractivity contribution in [1.82, 2.24) is 9.66 Å². The number of nitrogens with two attached hydrogens (primary N) is 2. The van der Waals surface area contributed by atoms with Crippen LogP contribution in [0.4, 0.5) is 5.82 Å². The molecule has 2 heterocycles. The number of aromatic nitrogens is 2. The van der Waals surface area contributed by atoms with Crippen LogP contribution in [0.2, 0.25) is 0 Å². The summed E-state index contributed by atoms with van der Waals surface area (Å²) >= 11 is 3.50. The third-order valence-corrected chi connectivity index (χ3v) is 3.95. The van der Waals surface area contributed by atoms with Crippen molar-refractivity contribution < 1.29 is 9.47 Å². The Labute approximate surface area is 131 Å². The van der Waals surface area contributed by atoms with Crippen molar-refractivity contribution in [2.75, 3.05) is 24.8 Å². The number of rotatable bonds is 3. The molecule has 0 bridgehead atoms. The summed E-state index contributed by atoms with van der Waals surface area (Å²) in [5.41, 5.74) is 7.60. The van der Waals surface area contributed by atoms with Gasteiger partial charge in [0.05, 0.1) is 4.47 Å². The van der Waals surface area contributed by atoms with Gasteiger partial charge in [0, 0.05) is 12.0 Å². The Hall–Kier alpha value is -1.89. The molecule has 0 amide bonds. The van der Waals surface area contributed by atoms with E-state index in [4.69, 9.17) is 21.1 Å². The van der Waals surface area contributed by atoms with E-state index in [1.165, 1.54) is 4.68 Å². The van der Waals surface area contributed by atoms with Gasteiger partial charge in [-0.2, -0.15) is 0 Å². The van der Waals surface area contributed by atoms with Crippen LogP contribution in [0.15, 0.2) is 16.6 Å². The first-order valence-corrected chi connectivity index (χ1v) is 7.62. The number of hydrogen-bond acceptors (Lipinski definition) is 5. The predicted octanol–water partition coefficient (Wildman–Crippen LogP) is 2.33. The molecule has 0 aliphatic carbocycles. The fourth-order valence-corrected chi connectivity index (χ4v) is 2.91. The van der Waals surface area contributed by atoms with Gasteiger partial charge in [0.2, 0.25) is 0 Å². The number of ether oxygens (including phenoxy) is 2. The van der Waals surface area contributed by atoms with Gasteiger partial charge in [0.1, 0.15) is 24.7 Å². The Morgan fingerprint density at radius 3 is 2.86 bits per heavy atom. The number of fused-ring (bicyclic) bond motifs is 1. The molecule has 0 saturated carbocycles. The summed E-state index contributed by atoms with van der Waals surface area (Å²) in [5.74, 6) is 8.59. The van der Waals surface area contributed by atoms with Crippen LogP contribution < -0.4 is 21.1 Å². The quantitative estimate of drug-likeness (QED) is 0.827. The maximum atomic E-state index is 6.08. The van der Waals surface area contributed by atoms with Crippen LogP contribution in [-0.2, 0) is 6.42 Å². The molecule has 4 N–H and O–H groups in total. The number of halogens is 1. The monoisotopic (exact) mass is 352 g/mol. The molecule has 0 unspecified atom stereocenters. The Morgan fingerprint density at radius 1 is 1.33 bits per heavy atom. The second kappa shape index (κ2) is 5.48. The van der Waals surface area contributed by atoms with Gasteiger partial charge in [0.15, 0.2) is 17.3 Å². The number of benzene rings is 1. The van der Waals surface area contributed by atoms with E-state index in [1.54, 1.807) is 0 Å². The van der Waals surface area contributed by atoms with Crippen LogP contribution in [0.25, 0.3) is 11.3 Å². The van der Waals surface area contributed by atoms with Crippen LogP contribution in [-0.4, -0.2) is 22.9 Å². The molecular weight excluding hydrogens is 336 g/mol. The van der Waals surface area contributed by atoms with E-state index in [9.17, 15) is 0 Å². The van der Waals surface area contributed by atoms with E-state index in [0.717, 1.165) is 28.7 Å². The van der Waals surface area contributed by atoms with E-state index in [2.05, 4.69) is 27.8 Å². The minimum absolute atomic E-state index is 0.446. The van der Waals surface area contributed by atoms with E-state index in [1.807, 2.05) is 12.1 Å². The lowest BCUT2D eigenvalue weighted by Crippen LogP contribution is -2.16. The van der Waals surface area contributed by atoms with Crippen molar-refractivity contribution in [2.24, 2.45) is 0 Å². The van der Waals surface area contributed by atoms with E-state index in [0.29, 0.717) is 36.2 Å². The van der Waals surface area contributed by atoms with Crippen LogP contribution in [0.5, 0.6) is 11.5 Å². The molecule has 21 heavy (non-hydrogen) atoms. The van der Waals surface area contributed by atoms with Crippen molar-refractivity contribution in [3.8, 4) is 22.8 Å². The minimum atomic E-state index is 0.446. The van der Waals surface area contributed by atoms with E-state index in [-0.39, 0.29) is 0 Å². The molecule has 2 aromatic rings. The van der Waals surface area contributed by atoms with Crippen molar-refractivity contribution in [2.45, 2.75) is 19.8 Å². The number of nitrogen functional groups attached to an aromatic ring is 2. The van der Waals surface area contributed by atoms with Crippen molar-refractivity contribution >= 4 is 21.7 Å². The third kappa shape index (κ3) is 2.42. The molecule has 0 radical (unpaired) electrons. The van der Waals surface area contributed by atoms with Crippen LogP contribution in [0, 0.1) is 0 Å². The molecular formula is C14H17BrN4O2. The van der Waals surface area contributed by atoms with Crippen molar-refractivity contribution in [3.63, 3.8) is 0 Å². The highest BCUT2D eigenvalue weighted by molar-refractivity contribution is 9.10. The maximum Gasteiger partial charge on any atom is 0.175 e. The normalized spacial score (nSPS) is 13.4. The highest BCUT2D eigenvalue weighted by Gasteiger charge is 2.20. The van der Waals surface area contributed by atoms with Crippen molar-refractivity contribution in [1.29, 1.82) is 0 Å². The molecule has 0 saturated heterocycles. The van der Waals surface area contributed by atoms with Crippen LogP contribution >= 0.6 is 15.9 Å². The zero-order chi connectivity index (χ0) is 15.0. The summed E-state index contributed by atoms with van der Waals surface area (Å²) in [6.45, 7) is 3.15. The molecule has 3 rings (SSSR count). The fraction of sp³-hybridized carbons (Fsp3) is 0.357. The smallest absolute Gasteiger partial charge is 0.175 e. The van der Waals surface area contributed by atoms with Crippen LogP contribution in [0.1, 0.15) is 19.2 Å². The highest BCUT2D eigenvalue weighted by atomic mass is 79.9. The number of aryl methyl sites for hydroxylation is 1. The average Bonchev–Trinajstić information content (AvgIpc) is 2.76. The number of nitrogens with zero attached hydrogens (tertiary/aromatic N) is 2. The lowest BCUT2D eigenvalue weighted by atomic mass is 10.1. The fourth-order valence-electron chi connectivity index (χ4n) is 2.35. The Bertz CT molecular complexity index is 684. The van der Waals surface area contributed by atoms with E-state index < -0.39 is 0 Å². The van der Waals surface area contributed by atoms with Gasteiger partial charge in [-0.3, -0.25) is 0 Å². The standard InChI is InChI=1S/C14H17BrN4O2/c1-2-3-11-18-12(14(16)19(11)17)8-6-9(15)13-10(7-8)20-4-5-21-13/h6-7H,2-5,16-17H2,1H3. The van der Waals surface area contributed by atoms with E-state index >= 15 is 0 Å². The lowest BCUT2D eigenvalue weighted by Gasteiger charge is -2.20. The molecule has 112 valence electrons. The first-order chi connectivity index (χ1) is 10.1. The summed E-state index contributed by atoms with van der Waals surface area (Å²) in [5, 5.41) is 0. The molecule has 0 spiro atoms. The molecule has 1 aromatic heterocycles. The molecule has 7 heteroatoms. The Morgan fingerprint density at radius 2 is 2.10 bits per heavy atom. The third-order valence-electron chi connectivity index (χ3n) is 3.36. The summed E-state index contributed by atoms with van der Waals surface area (Å²) in [7, 11) is 0. The number of anilines is 1. The van der Waals surface area contributed by atoms with Crippen molar-refractivity contribution in [3.05, 3.63) is 22.4 Å². The SMILES string of the molecule is CCCc1nc(-c2cc(Br)c3c(c2)OCCO3)c(N)n1N. The van der Waals surface area contributed by atoms with Gasteiger partial charge < -0.3 is 21.1 Å².